The number of carboxylic acid groups (broad SMARTS) is 1. The van der Waals surface area contributed by atoms with Crippen molar-refractivity contribution in [3.63, 3.8) is 0 Å². The number of aromatic carboxylic acids is 1. The van der Waals surface area contributed by atoms with Gasteiger partial charge in [0, 0.05) is 25.2 Å². The van der Waals surface area contributed by atoms with Crippen molar-refractivity contribution >= 4 is 40.1 Å². The molecule has 0 spiro atoms. The summed E-state index contributed by atoms with van der Waals surface area (Å²) in [6.45, 7) is 12.6. The molecule has 1 aromatic carbocycles. The number of benzene rings is 1. The van der Waals surface area contributed by atoms with E-state index in [1.807, 2.05) is 32.9 Å². The summed E-state index contributed by atoms with van der Waals surface area (Å²) in [5.74, 6) is -0.479. The molecule has 1 fully saturated rings. The van der Waals surface area contributed by atoms with Crippen LogP contribution in [0.5, 0.6) is 0 Å². The number of aryl methyl sites for hydroxylation is 1. The highest BCUT2D eigenvalue weighted by molar-refractivity contribution is 6.29. The molecule has 2 N–H and O–H groups in total. The second kappa shape index (κ2) is 9.49. The fourth-order valence-corrected chi connectivity index (χ4v) is 4.83. The molecule has 1 saturated heterocycles. The summed E-state index contributed by atoms with van der Waals surface area (Å²) in [6, 6.07) is 6.69. The number of anilines is 2. The molecular weight excluding hydrogens is 466 g/mol. The molecule has 4 rings (SSSR count). The van der Waals surface area contributed by atoms with Gasteiger partial charge in [0.25, 0.3) is 5.56 Å². The number of carbonyl (C=O) groups is 1. The molecular formula is C26H32ClN5O3. The van der Waals surface area contributed by atoms with Gasteiger partial charge in [0.2, 0.25) is 5.95 Å². The summed E-state index contributed by atoms with van der Waals surface area (Å²) in [4.78, 5) is 36.5. The Labute approximate surface area is 210 Å². The molecule has 8 nitrogen and oxygen atoms in total. The number of nitrogens with one attached hydrogen (secondary N) is 1. The minimum atomic E-state index is -1.17. The van der Waals surface area contributed by atoms with Crippen LogP contribution in [0.2, 0.25) is 5.15 Å². The average molecular weight is 498 g/mol. The first kappa shape index (κ1) is 25.0. The molecule has 1 aliphatic heterocycles. The molecule has 9 heteroatoms. The van der Waals surface area contributed by atoms with Crippen molar-refractivity contribution < 1.29 is 9.90 Å². The van der Waals surface area contributed by atoms with Crippen LogP contribution in [-0.2, 0) is 6.54 Å². The Balaban J connectivity index is 1.82. The van der Waals surface area contributed by atoms with Crippen molar-refractivity contribution in [2.45, 2.75) is 60.0 Å². The third-order valence-electron chi connectivity index (χ3n) is 6.83. The highest BCUT2D eigenvalue weighted by atomic mass is 35.5. The predicted octanol–water partition coefficient (Wildman–Crippen LogP) is 5.27. The Bertz CT molecular complexity index is 1340. The van der Waals surface area contributed by atoms with Crippen molar-refractivity contribution in [1.82, 2.24) is 14.5 Å². The third kappa shape index (κ3) is 4.98. The maximum atomic E-state index is 13.6. The zero-order valence-electron chi connectivity index (χ0n) is 20.9. The van der Waals surface area contributed by atoms with Gasteiger partial charge in [-0.2, -0.15) is 0 Å². The van der Waals surface area contributed by atoms with Gasteiger partial charge in [-0.05, 0) is 62.8 Å². The van der Waals surface area contributed by atoms with E-state index in [1.54, 1.807) is 16.7 Å². The van der Waals surface area contributed by atoms with Crippen LogP contribution < -0.4 is 15.8 Å². The minimum absolute atomic E-state index is 0.0612. The van der Waals surface area contributed by atoms with Gasteiger partial charge in [-0.3, -0.25) is 9.36 Å². The fraction of sp³-hybridized carbons (Fsp3) is 0.462. The van der Waals surface area contributed by atoms with E-state index in [1.165, 1.54) is 0 Å². The molecule has 2 aromatic heterocycles. The van der Waals surface area contributed by atoms with Gasteiger partial charge >= 0.3 is 5.97 Å². The minimum Gasteiger partial charge on any atom is -0.476 e. The first-order chi connectivity index (χ1) is 16.5. The maximum absolute atomic E-state index is 13.6. The number of nitrogens with zero attached hydrogens (tertiary/aromatic N) is 4. The molecule has 35 heavy (non-hydrogen) atoms. The molecule has 3 heterocycles. The van der Waals surface area contributed by atoms with Crippen LogP contribution in [-0.4, -0.2) is 38.7 Å². The lowest BCUT2D eigenvalue weighted by molar-refractivity contribution is 0.0691. The molecule has 0 radical (unpaired) electrons. The molecule has 0 saturated carbocycles. The van der Waals surface area contributed by atoms with Crippen molar-refractivity contribution in [1.29, 1.82) is 0 Å². The first-order valence-corrected chi connectivity index (χ1v) is 12.3. The number of piperidine rings is 1. The zero-order valence-corrected chi connectivity index (χ0v) is 21.6. The van der Waals surface area contributed by atoms with E-state index in [4.69, 9.17) is 16.6 Å². The normalized spacial score (nSPS) is 16.3. The number of aromatic nitrogens is 3. The number of halogens is 1. The van der Waals surface area contributed by atoms with Gasteiger partial charge in [0.15, 0.2) is 5.69 Å². The second-order valence-electron chi connectivity index (χ2n) is 10.1. The average Bonchev–Trinajstić information content (AvgIpc) is 2.80. The van der Waals surface area contributed by atoms with E-state index < -0.39 is 5.97 Å². The van der Waals surface area contributed by atoms with Crippen LogP contribution >= 0.6 is 11.6 Å². The molecule has 0 bridgehead atoms. The van der Waals surface area contributed by atoms with E-state index >= 15 is 0 Å². The molecule has 1 aliphatic rings. The summed E-state index contributed by atoms with van der Waals surface area (Å²) in [6.07, 6.45) is 2.07. The topological polar surface area (TPSA) is 100 Å². The van der Waals surface area contributed by atoms with Crippen LogP contribution in [0.3, 0.4) is 0 Å². The summed E-state index contributed by atoms with van der Waals surface area (Å²) >= 11 is 5.91. The largest absolute Gasteiger partial charge is 0.476 e. The van der Waals surface area contributed by atoms with E-state index in [0.717, 1.165) is 37.1 Å². The lowest BCUT2D eigenvalue weighted by atomic mass is 9.83. The standard InChI is InChI=1S/C26H32ClN5O3/c1-6-32-23(33)18-14-15(2)13-17(16(3)28-19-7-8-20(27)29-22(19)24(34)35)21(18)30-25(32)31-11-9-26(4,5)10-12-31/h7-8,13-14,16,28H,6,9-12H2,1-5H3,(H,34,35)/t16-/m1/s1. The van der Waals surface area contributed by atoms with Gasteiger partial charge < -0.3 is 15.3 Å². The zero-order chi connectivity index (χ0) is 25.5. The van der Waals surface area contributed by atoms with Crippen molar-refractivity contribution in [3.8, 4) is 0 Å². The lowest BCUT2D eigenvalue weighted by Gasteiger charge is -2.38. The van der Waals surface area contributed by atoms with E-state index in [2.05, 4.69) is 29.0 Å². The lowest BCUT2D eigenvalue weighted by Crippen LogP contribution is -2.41. The Morgan fingerprint density at radius 2 is 1.91 bits per heavy atom. The summed E-state index contributed by atoms with van der Waals surface area (Å²) in [7, 11) is 0. The van der Waals surface area contributed by atoms with Crippen molar-refractivity contribution in [2.75, 3.05) is 23.3 Å². The third-order valence-corrected chi connectivity index (χ3v) is 7.04. The first-order valence-electron chi connectivity index (χ1n) is 12.0. The smallest absolute Gasteiger partial charge is 0.356 e. The maximum Gasteiger partial charge on any atom is 0.356 e. The summed E-state index contributed by atoms with van der Waals surface area (Å²) in [5, 5.41) is 13.5. The number of rotatable bonds is 6. The number of carboxylic acids is 1. The molecule has 1 atom stereocenters. The fourth-order valence-electron chi connectivity index (χ4n) is 4.69. The molecule has 0 amide bonds. The van der Waals surface area contributed by atoms with Crippen LogP contribution in [0.25, 0.3) is 10.9 Å². The van der Waals surface area contributed by atoms with Gasteiger partial charge in [-0.1, -0.05) is 31.5 Å². The molecule has 3 aromatic rings. The van der Waals surface area contributed by atoms with E-state index in [0.29, 0.717) is 29.1 Å². The van der Waals surface area contributed by atoms with E-state index in [9.17, 15) is 14.7 Å². The quantitative estimate of drug-likeness (QED) is 0.447. The van der Waals surface area contributed by atoms with Crippen molar-refractivity contribution in [3.05, 3.63) is 56.6 Å². The Kier molecular flexibility index (Phi) is 6.77. The van der Waals surface area contributed by atoms with Crippen LogP contribution in [0.1, 0.15) is 68.2 Å². The van der Waals surface area contributed by atoms with Crippen LogP contribution in [0.15, 0.2) is 29.1 Å². The van der Waals surface area contributed by atoms with Crippen molar-refractivity contribution in [2.24, 2.45) is 5.41 Å². The van der Waals surface area contributed by atoms with Gasteiger partial charge in [0.05, 0.1) is 22.6 Å². The van der Waals surface area contributed by atoms with E-state index in [-0.39, 0.29) is 27.9 Å². The van der Waals surface area contributed by atoms with Gasteiger partial charge in [0.1, 0.15) is 5.15 Å². The highest BCUT2D eigenvalue weighted by Crippen LogP contribution is 2.33. The highest BCUT2D eigenvalue weighted by Gasteiger charge is 2.28. The van der Waals surface area contributed by atoms with Gasteiger partial charge in [-0.15, -0.1) is 0 Å². The Morgan fingerprint density at radius 1 is 1.23 bits per heavy atom. The predicted molar refractivity (Wildman–Crippen MR) is 140 cm³/mol. The number of fused-ring (bicyclic) bond motifs is 1. The number of pyridine rings is 1. The second-order valence-corrected chi connectivity index (χ2v) is 10.5. The van der Waals surface area contributed by atoms with Gasteiger partial charge in [-0.25, -0.2) is 14.8 Å². The number of hydrogen-bond acceptors (Lipinski definition) is 6. The SMILES string of the molecule is CCn1c(N2CCC(C)(C)CC2)nc2c([C@@H](C)Nc3ccc(Cl)nc3C(=O)O)cc(C)cc2c1=O. The monoisotopic (exact) mass is 497 g/mol. The Hall–Kier alpha value is -3.13. The Morgan fingerprint density at radius 3 is 2.54 bits per heavy atom. The molecule has 186 valence electrons. The summed E-state index contributed by atoms with van der Waals surface area (Å²) in [5.41, 5.74) is 2.80. The molecule has 0 aliphatic carbocycles. The van der Waals surface area contributed by atoms with Crippen LogP contribution in [0.4, 0.5) is 11.6 Å². The molecule has 0 unspecified atom stereocenters. The van der Waals surface area contributed by atoms with Crippen LogP contribution in [0, 0.1) is 12.3 Å². The number of hydrogen-bond donors (Lipinski definition) is 2. The summed E-state index contributed by atoms with van der Waals surface area (Å²) < 4.78 is 1.76.